The number of methoxy groups -OCH3 is 1. The van der Waals surface area contributed by atoms with E-state index < -0.39 is 17.7 Å². The topological polar surface area (TPSA) is 75.1 Å². The SMILES string of the molecule is COC[C@H]1CCCN1C1(CCOc2cc(Cl)cc(CC(=O)O)c2)CCN(c2nc3ccc(C(F)(F)F)cc3s2)CC1. The van der Waals surface area contributed by atoms with Crippen LogP contribution in [0.25, 0.3) is 10.2 Å². The predicted molar refractivity (Wildman–Crippen MR) is 153 cm³/mol. The Kier molecular flexibility index (Phi) is 8.98. The second-order valence-electron chi connectivity index (χ2n) is 10.8. The second-order valence-corrected chi connectivity index (χ2v) is 12.2. The lowest BCUT2D eigenvalue weighted by Gasteiger charge is -2.49. The maximum absolute atomic E-state index is 13.2. The Hall–Kier alpha value is -2.60. The van der Waals surface area contributed by atoms with Crippen molar-refractivity contribution < 1.29 is 32.5 Å². The number of ether oxygens (including phenoxy) is 2. The molecule has 41 heavy (non-hydrogen) atoms. The lowest BCUT2D eigenvalue weighted by atomic mass is 9.82. The van der Waals surface area contributed by atoms with Crippen molar-refractivity contribution in [2.24, 2.45) is 0 Å². The van der Waals surface area contributed by atoms with Gasteiger partial charge >= 0.3 is 12.1 Å². The minimum atomic E-state index is -4.39. The summed E-state index contributed by atoms with van der Waals surface area (Å²) in [7, 11) is 1.72. The summed E-state index contributed by atoms with van der Waals surface area (Å²) in [6.45, 7) is 3.50. The van der Waals surface area contributed by atoms with Gasteiger partial charge in [0.2, 0.25) is 0 Å². The third kappa shape index (κ3) is 6.90. The van der Waals surface area contributed by atoms with Crippen LogP contribution in [0.5, 0.6) is 5.75 Å². The lowest BCUT2D eigenvalue weighted by Crippen LogP contribution is -2.58. The fourth-order valence-electron chi connectivity index (χ4n) is 6.18. The monoisotopic (exact) mass is 611 g/mol. The molecule has 0 spiro atoms. The second kappa shape index (κ2) is 12.3. The molecule has 0 bridgehead atoms. The van der Waals surface area contributed by atoms with E-state index in [0.29, 0.717) is 45.8 Å². The number of rotatable bonds is 10. The highest BCUT2D eigenvalue weighted by atomic mass is 35.5. The first-order chi connectivity index (χ1) is 19.6. The first-order valence-corrected chi connectivity index (χ1v) is 14.9. The number of hydrogen-bond acceptors (Lipinski definition) is 7. The Bertz CT molecular complexity index is 1380. The normalized spacial score (nSPS) is 19.6. The molecule has 0 radical (unpaired) electrons. The van der Waals surface area contributed by atoms with Crippen molar-refractivity contribution in [3.05, 3.63) is 52.5 Å². The number of fused-ring (bicyclic) bond motifs is 1. The van der Waals surface area contributed by atoms with Crippen LogP contribution in [0.15, 0.2) is 36.4 Å². The van der Waals surface area contributed by atoms with Crippen LogP contribution in [0.1, 0.15) is 43.2 Å². The number of nitrogens with zero attached hydrogens (tertiary/aromatic N) is 3. The lowest BCUT2D eigenvalue weighted by molar-refractivity contribution is -0.138. The van der Waals surface area contributed by atoms with Crippen molar-refractivity contribution in [3.63, 3.8) is 0 Å². The zero-order chi connectivity index (χ0) is 29.2. The molecule has 0 aliphatic carbocycles. The van der Waals surface area contributed by atoms with Gasteiger partial charge in [-0.05, 0) is 80.6 Å². The average molecular weight is 612 g/mol. The van der Waals surface area contributed by atoms with Crippen LogP contribution in [0, 0.1) is 0 Å². The van der Waals surface area contributed by atoms with E-state index in [2.05, 4.69) is 14.8 Å². The molecule has 1 atom stereocenters. The first-order valence-electron chi connectivity index (χ1n) is 13.7. The molecule has 12 heteroatoms. The molecular formula is C29H33ClF3N3O4S. The van der Waals surface area contributed by atoms with Crippen molar-refractivity contribution in [1.29, 1.82) is 0 Å². The number of aliphatic carboxylic acids is 1. The number of aromatic nitrogens is 1. The van der Waals surface area contributed by atoms with Crippen molar-refractivity contribution in [2.45, 2.75) is 56.3 Å². The van der Waals surface area contributed by atoms with E-state index in [1.807, 2.05) is 0 Å². The Balaban J connectivity index is 1.31. The van der Waals surface area contributed by atoms with E-state index in [1.54, 1.807) is 25.3 Å². The van der Waals surface area contributed by atoms with E-state index in [-0.39, 0.29) is 12.0 Å². The number of carboxylic acid groups (broad SMARTS) is 1. The maximum Gasteiger partial charge on any atom is 0.416 e. The standard InChI is InChI=1S/C29H33ClF3N3O4S/c1-39-18-22-3-2-9-36(22)28(8-12-40-23-14-19(15-26(37)38)13-21(30)17-23)6-10-35(11-7-28)27-34-24-5-4-20(29(31,32)33)16-25(24)41-27/h4-5,13-14,16-17,22H,2-3,6-12,15,18H2,1H3,(H,37,38)/t22-/m1/s1. The highest BCUT2D eigenvalue weighted by molar-refractivity contribution is 7.22. The summed E-state index contributed by atoms with van der Waals surface area (Å²) in [4.78, 5) is 20.6. The van der Waals surface area contributed by atoms with Crippen LogP contribution in [-0.4, -0.2) is 72.5 Å². The molecule has 2 aliphatic heterocycles. The number of carboxylic acids is 1. The van der Waals surface area contributed by atoms with Crippen LogP contribution in [0.2, 0.25) is 5.02 Å². The van der Waals surface area contributed by atoms with Gasteiger partial charge in [-0.15, -0.1) is 0 Å². The first kappa shape index (κ1) is 29.9. The van der Waals surface area contributed by atoms with Crippen molar-refractivity contribution >= 4 is 44.3 Å². The third-order valence-corrected chi connectivity index (χ3v) is 9.43. The molecule has 1 N–H and O–H groups in total. The number of likely N-dealkylation sites (tertiary alicyclic amines) is 1. The predicted octanol–water partition coefficient (Wildman–Crippen LogP) is 6.51. The molecule has 0 saturated carbocycles. The quantitative estimate of drug-likeness (QED) is 0.280. The number of piperidine rings is 1. The molecule has 1 aromatic heterocycles. The van der Waals surface area contributed by atoms with E-state index in [4.69, 9.17) is 26.2 Å². The number of carbonyl (C=O) groups is 1. The Morgan fingerprint density at radius 3 is 2.68 bits per heavy atom. The van der Waals surface area contributed by atoms with Crippen LogP contribution in [0.4, 0.5) is 18.3 Å². The van der Waals surface area contributed by atoms with E-state index in [9.17, 15) is 18.0 Å². The molecular weight excluding hydrogens is 579 g/mol. The number of benzene rings is 2. The smallest absolute Gasteiger partial charge is 0.416 e. The van der Waals surface area contributed by atoms with Crippen LogP contribution in [-0.2, 0) is 22.1 Å². The molecule has 2 aromatic carbocycles. The van der Waals surface area contributed by atoms with Gasteiger partial charge in [-0.2, -0.15) is 13.2 Å². The van der Waals surface area contributed by atoms with Crippen molar-refractivity contribution in [1.82, 2.24) is 9.88 Å². The highest BCUT2D eigenvalue weighted by Crippen LogP contribution is 2.41. The molecule has 2 fully saturated rings. The van der Waals surface area contributed by atoms with Gasteiger partial charge in [-0.1, -0.05) is 22.9 Å². The van der Waals surface area contributed by atoms with Crippen LogP contribution >= 0.6 is 22.9 Å². The zero-order valence-corrected chi connectivity index (χ0v) is 24.3. The zero-order valence-electron chi connectivity index (χ0n) is 22.8. The summed E-state index contributed by atoms with van der Waals surface area (Å²) < 4.78 is 51.9. The fourth-order valence-corrected chi connectivity index (χ4v) is 7.49. The van der Waals surface area contributed by atoms with Crippen LogP contribution in [0.3, 0.4) is 0 Å². The van der Waals surface area contributed by atoms with Gasteiger partial charge in [0.15, 0.2) is 5.13 Å². The third-order valence-electron chi connectivity index (χ3n) is 8.14. The molecule has 2 aliphatic rings. The van der Waals surface area contributed by atoms with Crippen LogP contribution < -0.4 is 9.64 Å². The van der Waals surface area contributed by atoms with E-state index in [1.165, 1.54) is 23.5 Å². The molecule has 222 valence electrons. The van der Waals surface area contributed by atoms with Gasteiger partial charge in [0.1, 0.15) is 5.75 Å². The van der Waals surface area contributed by atoms with Gasteiger partial charge in [0, 0.05) is 36.8 Å². The van der Waals surface area contributed by atoms with E-state index in [0.717, 1.165) is 62.9 Å². The van der Waals surface area contributed by atoms with Gasteiger partial charge in [-0.25, -0.2) is 4.98 Å². The number of halogens is 4. The summed E-state index contributed by atoms with van der Waals surface area (Å²) in [5, 5.41) is 10.3. The molecule has 2 saturated heterocycles. The fraction of sp³-hybridized carbons (Fsp3) is 0.517. The van der Waals surface area contributed by atoms with Gasteiger partial charge in [0.25, 0.3) is 0 Å². The molecule has 0 unspecified atom stereocenters. The number of thiazole rings is 1. The molecule has 0 amide bonds. The number of hydrogen-bond donors (Lipinski definition) is 1. The van der Waals surface area contributed by atoms with Crippen molar-refractivity contribution in [3.8, 4) is 5.75 Å². The summed E-state index contributed by atoms with van der Waals surface area (Å²) in [5.74, 6) is -0.389. The minimum Gasteiger partial charge on any atom is -0.493 e. The Morgan fingerprint density at radius 2 is 1.98 bits per heavy atom. The molecule has 3 heterocycles. The minimum absolute atomic E-state index is 0.132. The summed E-state index contributed by atoms with van der Waals surface area (Å²) >= 11 is 7.52. The summed E-state index contributed by atoms with van der Waals surface area (Å²) in [5.41, 5.74) is 0.359. The Labute approximate surface area is 245 Å². The van der Waals surface area contributed by atoms with Gasteiger partial charge in [-0.3, -0.25) is 9.69 Å². The summed E-state index contributed by atoms with van der Waals surface area (Å²) in [6.07, 6.45) is 0.0881. The number of alkyl halides is 3. The molecule has 3 aromatic rings. The van der Waals surface area contributed by atoms with Gasteiger partial charge in [0.05, 0.1) is 35.4 Å². The van der Waals surface area contributed by atoms with Crippen molar-refractivity contribution in [2.75, 3.05) is 44.9 Å². The maximum atomic E-state index is 13.2. The average Bonchev–Trinajstić information content (AvgIpc) is 3.55. The highest BCUT2D eigenvalue weighted by Gasteiger charge is 2.45. The Morgan fingerprint density at radius 1 is 1.20 bits per heavy atom. The van der Waals surface area contributed by atoms with Gasteiger partial charge < -0.3 is 19.5 Å². The number of anilines is 1. The molecule has 5 rings (SSSR count). The van der Waals surface area contributed by atoms with E-state index >= 15 is 0 Å². The molecule has 7 nitrogen and oxygen atoms in total. The summed E-state index contributed by atoms with van der Waals surface area (Å²) in [6, 6.07) is 9.06. The largest absolute Gasteiger partial charge is 0.493 e.